The van der Waals surface area contributed by atoms with Gasteiger partial charge in [0.25, 0.3) is 5.69 Å². The standard InChI is InChI=1S/C15H15F2N3O3/c1-8-12(20(22)23)6-7-13(18-8)19-9(2)15(21)14-10(16)4-3-5-11(14)17/h3-7,9,15,21H,1-2H3,(H,18,19). The Kier molecular flexibility index (Phi) is 4.85. The van der Waals surface area contributed by atoms with E-state index < -0.39 is 34.3 Å². The van der Waals surface area contributed by atoms with Crippen molar-refractivity contribution in [1.82, 2.24) is 4.98 Å². The predicted molar refractivity (Wildman–Crippen MR) is 80.0 cm³/mol. The van der Waals surface area contributed by atoms with Crippen LogP contribution < -0.4 is 5.32 Å². The van der Waals surface area contributed by atoms with E-state index >= 15 is 0 Å². The minimum atomic E-state index is -1.45. The van der Waals surface area contributed by atoms with Crippen LogP contribution in [0.1, 0.15) is 24.3 Å². The molecule has 2 rings (SSSR count). The van der Waals surface area contributed by atoms with E-state index in [0.29, 0.717) is 0 Å². The summed E-state index contributed by atoms with van der Waals surface area (Å²) in [4.78, 5) is 14.2. The van der Waals surface area contributed by atoms with Gasteiger partial charge in [0.1, 0.15) is 29.3 Å². The molecule has 0 aliphatic heterocycles. The monoisotopic (exact) mass is 323 g/mol. The summed E-state index contributed by atoms with van der Waals surface area (Å²) >= 11 is 0. The SMILES string of the molecule is Cc1nc(NC(C)C(O)c2c(F)cccc2F)ccc1[N+](=O)[O-]. The van der Waals surface area contributed by atoms with Gasteiger partial charge in [-0.2, -0.15) is 0 Å². The van der Waals surface area contributed by atoms with Gasteiger partial charge in [0.2, 0.25) is 0 Å². The normalized spacial score (nSPS) is 13.4. The lowest BCUT2D eigenvalue weighted by Crippen LogP contribution is -2.26. The second-order valence-electron chi connectivity index (χ2n) is 5.07. The molecule has 0 aliphatic carbocycles. The average molecular weight is 323 g/mol. The minimum absolute atomic E-state index is 0.135. The number of anilines is 1. The fourth-order valence-corrected chi connectivity index (χ4v) is 2.18. The molecule has 2 unspecified atom stereocenters. The summed E-state index contributed by atoms with van der Waals surface area (Å²) in [5, 5.41) is 23.7. The Morgan fingerprint density at radius 1 is 1.26 bits per heavy atom. The number of rotatable bonds is 5. The Hall–Kier alpha value is -2.61. The zero-order valence-electron chi connectivity index (χ0n) is 12.5. The highest BCUT2D eigenvalue weighted by atomic mass is 19.1. The first-order chi connectivity index (χ1) is 10.8. The summed E-state index contributed by atoms with van der Waals surface area (Å²) in [7, 11) is 0. The van der Waals surface area contributed by atoms with Gasteiger partial charge >= 0.3 is 0 Å². The number of nitrogens with one attached hydrogen (secondary N) is 1. The van der Waals surface area contributed by atoms with E-state index in [1.807, 2.05) is 0 Å². The van der Waals surface area contributed by atoms with Crippen LogP contribution in [0.15, 0.2) is 30.3 Å². The fourth-order valence-electron chi connectivity index (χ4n) is 2.18. The number of hydrogen-bond acceptors (Lipinski definition) is 5. The molecule has 0 saturated heterocycles. The molecule has 122 valence electrons. The van der Waals surface area contributed by atoms with Gasteiger partial charge in [-0.25, -0.2) is 13.8 Å². The van der Waals surface area contributed by atoms with Crippen molar-refractivity contribution in [1.29, 1.82) is 0 Å². The molecule has 1 heterocycles. The van der Waals surface area contributed by atoms with Crippen molar-refractivity contribution < 1.29 is 18.8 Å². The summed E-state index contributed by atoms with van der Waals surface area (Å²) in [5.41, 5.74) is -0.381. The molecule has 2 N–H and O–H groups in total. The molecule has 0 radical (unpaired) electrons. The van der Waals surface area contributed by atoms with Crippen LogP contribution in [0.2, 0.25) is 0 Å². The van der Waals surface area contributed by atoms with Gasteiger partial charge in [0, 0.05) is 6.07 Å². The molecule has 6 nitrogen and oxygen atoms in total. The summed E-state index contributed by atoms with van der Waals surface area (Å²) in [6.07, 6.45) is -1.45. The molecular weight excluding hydrogens is 308 g/mol. The summed E-state index contributed by atoms with van der Waals surface area (Å²) in [6, 6.07) is 5.19. The van der Waals surface area contributed by atoms with Gasteiger partial charge in [-0.1, -0.05) is 6.07 Å². The van der Waals surface area contributed by atoms with E-state index in [2.05, 4.69) is 10.3 Å². The second-order valence-corrected chi connectivity index (χ2v) is 5.07. The number of aromatic nitrogens is 1. The number of benzene rings is 1. The van der Waals surface area contributed by atoms with E-state index in [9.17, 15) is 24.0 Å². The number of nitro groups is 1. The summed E-state index contributed by atoms with van der Waals surface area (Å²) in [5.74, 6) is -1.44. The van der Waals surface area contributed by atoms with Crippen LogP contribution in [-0.2, 0) is 0 Å². The van der Waals surface area contributed by atoms with Gasteiger partial charge in [-0.05, 0) is 32.0 Å². The number of hydrogen-bond donors (Lipinski definition) is 2. The maximum absolute atomic E-state index is 13.7. The average Bonchev–Trinajstić information content (AvgIpc) is 2.46. The molecule has 23 heavy (non-hydrogen) atoms. The zero-order chi connectivity index (χ0) is 17.1. The Balaban J connectivity index is 2.20. The van der Waals surface area contributed by atoms with E-state index in [-0.39, 0.29) is 17.2 Å². The zero-order valence-corrected chi connectivity index (χ0v) is 12.5. The molecule has 1 aromatic heterocycles. The third-order valence-corrected chi connectivity index (χ3v) is 3.40. The number of nitrogens with zero attached hydrogens (tertiary/aromatic N) is 2. The number of aliphatic hydroxyl groups is 1. The third-order valence-electron chi connectivity index (χ3n) is 3.40. The predicted octanol–water partition coefficient (Wildman–Crippen LogP) is 3.11. The molecule has 0 fully saturated rings. The van der Waals surface area contributed by atoms with Crippen LogP contribution in [-0.4, -0.2) is 21.1 Å². The second kappa shape index (κ2) is 6.66. The van der Waals surface area contributed by atoms with Crippen LogP contribution >= 0.6 is 0 Å². The molecule has 2 atom stereocenters. The van der Waals surface area contributed by atoms with Crippen LogP contribution in [0.25, 0.3) is 0 Å². The van der Waals surface area contributed by atoms with Crippen LogP contribution in [0.3, 0.4) is 0 Å². The van der Waals surface area contributed by atoms with Crippen LogP contribution in [0.5, 0.6) is 0 Å². The first kappa shape index (κ1) is 16.8. The largest absolute Gasteiger partial charge is 0.386 e. The van der Waals surface area contributed by atoms with Gasteiger partial charge in [-0.15, -0.1) is 0 Å². The first-order valence-corrected chi connectivity index (χ1v) is 6.81. The highest BCUT2D eigenvalue weighted by Crippen LogP contribution is 2.26. The smallest absolute Gasteiger partial charge is 0.290 e. The maximum atomic E-state index is 13.7. The molecule has 1 aromatic carbocycles. The van der Waals surface area contributed by atoms with E-state index in [0.717, 1.165) is 12.1 Å². The minimum Gasteiger partial charge on any atom is -0.386 e. The molecule has 0 bridgehead atoms. The van der Waals surface area contributed by atoms with Crippen molar-refractivity contribution in [2.45, 2.75) is 26.0 Å². The molecule has 2 aromatic rings. The Labute approximate surface area is 130 Å². The lowest BCUT2D eigenvalue weighted by molar-refractivity contribution is -0.385. The van der Waals surface area contributed by atoms with E-state index in [4.69, 9.17) is 0 Å². The highest BCUT2D eigenvalue weighted by molar-refractivity contribution is 5.45. The number of aliphatic hydroxyl groups excluding tert-OH is 1. The van der Waals surface area contributed by atoms with Crippen molar-refractivity contribution in [3.63, 3.8) is 0 Å². The molecular formula is C15H15F2N3O3. The molecule has 0 saturated carbocycles. The molecule has 0 amide bonds. The van der Waals surface area contributed by atoms with Crippen molar-refractivity contribution in [2.24, 2.45) is 0 Å². The molecule has 0 aliphatic rings. The van der Waals surface area contributed by atoms with Crippen molar-refractivity contribution in [2.75, 3.05) is 5.32 Å². The van der Waals surface area contributed by atoms with E-state index in [1.165, 1.54) is 32.0 Å². The Bertz CT molecular complexity index is 720. The number of halogens is 2. The fraction of sp³-hybridized carbons (Fsp3) is 0.267. The third kappa shape index (κ3) is 3.59. The molecule has 8 heteroatoms. The number of pyridine rings is 1. The Morgan fingerprint density at radius 3 is 2.39 bits per heavy atom. The van der Waals surface area contributed by atoms with Gasteiger partial charge < -0.3 is 10.4 Å². The van der Waals surface area contributed by atoms with E-state index in [1.54, 1.807) is 0 Å². The highest BCUT2D eigenvalue weighted by Gasteiger charge is 2.24. The maximum Gasteiger partial charge on any atom is 0.290 e. The van der Waals surface area contributed by atoms with Crippen LogP contribution in [0, 0.1) is 28.7 Å². The lowest BCUT2D eigenvalue weighted by atomic mass is 10.0. The molecule has 0 spiro atoms. The van der Waals surface area contributed by atoms with Crippen molar-refractivity contribution in [3.05, 3.63) is 63.3 Å². The van der Waals surface area contributed by atoms with Crippen molar-refractivity contribution >= 4 is 11.5 Å². The summed E-state index contributed by atoms with van der Waals surface area (Å²) < 4.78 is 27.4. The quantitative estimate of drug-likeness (QED) is 0.652. The van der Waals surface area contributed by atoms with Crippen LogP contribution in [0.4, 0.5) is 20.3 Å². The topological polar surface area (TPSA) is 88.3 Å². The van der Waals surface area contributed by atoms with Gasteiger partial charge in [0.15, 0.2) is 0 Å². The van der Waals surface area contributed by atoms with Crippen molar-refractivity contribution in [3.8, 4) is 0 Å². The summed E-state index contributed by atoms with van der Waals surface area (Å²) in [6.45, 7) is 3.00. The van der Waals surface area contributed by atoms with Gasteiger partial charge in [0.05, 0.1) is 16.5 Å². The lowest BCUT2D eigenvalue weighted by Gasteiger charge is -2.22. The first-order valence-electron chi connectivity index (χ1n) is 6.81. The number of aryl methyl sites for hydroxylation is 1. The Morgan fingerprint density at radius 2 is 1.87 bits per heavy atom. The van der Waals surface area contributed by atoms with Gasteiger partial charge in [-0.3, -0.25) is 10.1 Å².